The molecule has 2 aliphatic carbocycles. The van der Waals surface area contributed by atoms with E-state index >= 15 is 0 Å². The summed E-state index contributed by atoms with van der Waals surface area (Å²) >= 11 is 0. The smallest absolute Gasteiger partial charge is 0.0355 e. The van der Waals surface area contributed by atoms with Crippen molar-refractivity contribution in [1.82, 2.24) is 0 Å². The maximum atomic E-state index is 2.44. The van der Waals surface area contributed by atoms with Gasteiger partial charge in [0.05, 0.1) is 0 Å². The second kappa shape index (κ2) is 2.14. The molecule has 1 aliphatic heterocycles. The van der Waals surface area contributed by atoms with Gasteiger partial charge in [-0.1, -0.05) is 33.7 Å². The van der Waals surface area contributed by atoms with Gasteiger partial charge in [-0.2, -0.15) is 0 Å². The van der Waals surface area contributed by atoms with Gasteiger partial charge in [-0.3, -0.25) is 0 Å². The van der Waals surface area contributed by atoms with Gasteiger partial charge in [0, 0.05) is 10.5 Å². The molecule has 3 rings (SSSR count). The molecule has 0 aromatic carbocycles. The van der Waals surface area contributed by atoms with Crippen LogP contribution < -0.4 is 0 Å². The third-order valence-electron chi connectivity index (χ3n) is 2.62. The van der Waals surface area contributed by atoms with E-state index in [0.29, 0.717) is 0 Å². The summed E-state index contributed by atoms with van der Waals surface area (Å²) in [5.74, 6) is 1.87. The predicted molar refractivity (Wildman–Crippen MR) is 51.1 cm³/mol. The van der Waals surface area contributed by atoms with Gasteiger partial charge in [-0.25, -0.2) is 0 Å². The highest BCUT2D eigenvalue weighted by atomic mass is 33.5. The molecule has 3 aliphatic rings. The molecule has 4 atom stereocenters. The van der Waals surface area contributed by atoms with Crippen LogP contribution in [0.4, 0.5) is 0 Å². The van der Waals surface area contributed by atoms with Crippen LogP contribution in [0.25, 0.3) is 0 Å². The van der Waals surface area contributed by atoms with Crippen LogP contribution in [0.15, 0.2) is 12.2 Å². The molecule has 54 valence electrons. The van der Waals surface area contributed by atoms with Gasteiger partial charge >= 0.3 is 0 Å². The maximum absolute atomic E-state index is 2.44. The Balaban J connectivity index is 1.99. The molecular weight excluding hydrogens is 180 g/mol. The molecule has 1 saturated carbocycles. The van der Waals surface area contributed by atoms with Gasteiger partial charge < -0.3 is 0 Å². The lowest BCUT2D eigenvalue weighted by Gasteiger charge is -2.15. The first kappa shape index (κ1) is 6.32. The summed E-state index contributed by atoms with van der Waals surface area (Å²) in [6.45, 7) is 0. The summed E-state index contributed by atoms with van der Waals surface area (Å²) in [4.78, 5) is 0. The molecule has 0 spiro atoms. The molecule has 0 aromatic heterocycles. The molecule has 2 bridgehead atoms. The van der Waals surface area contributed by atoms with Crippen molar-refractivity contribution < 1.29 is 0 Å². The minimum absolute atomic E-state index is 0.933. The topological polar surface area (TPSA) is 0 Å². The van der Waals surface area contributed by atoms with Crippen molar-refractivity contribution in [3.8, 4) is 0 Å². The molecule has 0 amide bonds. The second-order valence-corrected chi connectivity index (χ2v) is 7.54. The number of fused-ring (bicyclic) bond motifs is 5. The standard InChI is InChI=1S/C7H8S3/c1-2-5-3-4(1)6-7(5)9-10-8-6/h1-2,4-7H,3H2/t4-,5+,6+,7-. The van der Waals surface area contributed by atoms with Gasteiger partial charge in [0.25, 0.3) is 0 Å². The van der Waals surface area contributed by atoms with E-state index in [9.17, 15) is 0 Å². The third kappa shape index (κ3) is 0.691. The van der Waals surface area contributed by atoms with Crippen molar-refractivity contribution >= 4 is 31.4 Å². The molecule has 0 nitrogen and oxygen atoms in total. The summed E-state index contributed by atoms with van der Waals surface area (Å²) in [7, 11) is 6.22. The quantitative estimate of drug-likeness (QED) is 0.424. The number of hydrogen-bond donors (Lipinski definition) is 0. The number of hydrogen-bond acceptors (Lipinski definition) is 3. The largest absolute Gasteiger partial charge is 0.0839 e. The average Bonchev–Trinajstić information content (AvgIpc) is 2.60. The van der Waals surface area contributed by atoms with Crippen LogP contribution >= 0.6 is 31.4 Å². The highest BCUT2D eigenvalue weighted by Gasteiger charge is 2.48. The molecule has 1 heterocycles. The molecule has 3 heteroatoms. The zero-order valence-electron chi connectivity index (χ0n) is 5.40. The fourth-order valence-electron chi connectivity index (χ4n) is 2.10. The van der Waals surface area contributed by atoms with Crippen LogP contribution in [0.2, 0.25) is 0 Å². The monoisotopic (exact) mass is 188 g/mol. The lowest BCUT2D eigenvalue weighted by atomic mass is 10.1. The highest BCUT2D eigenvalue weighted by molar-refractivity contribution is 9.11. The number of allylic oxidation sites excluding steroid dienone is 2. The fraction of sp³-hybridized carbons (Fsp3) is 0.714. The van der Waals surface area contributed by atoms with Crippen molar-refractivity contribution in [2.24, 2.45) is 11.8 Å². The lowest BCUT2D eigenvalue weighted by Crippen LogP contribution is -2.19. The summed E-state index contributed by atoms with van der Waals surface area (Å²) in [6.07, 6.45) is 6.33. The lowest BCUT2D eigenvalue weighted by molar-refractivity contribution is 0.697. The number of rotatable bonds is 0. The second-order valence-electron chi connectivity index (χ2n) is 3.14. The van der Waals surface area contributed by atoms with Crippen LogP contribution in [0.1, 0.15) is 6.42 Å². The molecule has 0 radical (unpaired) electrons. The first-order chi connectivity index (χ1) is 4.95. The van der Waals surface area contributed by atoms with Crippen LogP contribution in [-0.2, 0) is 0 Å². The first-order valence-electron chi connectivity index (χ1n) is 3.62. The molecule has 0 N–H and O–H groups in total. The van der Waals surface area contributed by atoms with E-state index in [4.69, 9.17) is 0 Å². The van der Waals surface area contributed by atoms with Crippen LogP contribution in [0.3, 0.4) is 0 Å². The minimum atomic E-state index is 0.933. The van der Waals surface area contributed by atoms with Crippen LogP contribution in [-0.4, -0.2) is 10.5 Å². The average molecular weight is 188 g/mol. The van der Waals surface area contributed by atoms with Crippen molar-refractivity contribution in [2.75, 3.05) is 0 Å². The zero-order chi connectivity index (χ0) is 6.55. The zero-order valence-corrected chi connectivity index (χ0v) is 7.85. The molecule has 1 saturated heterocycles. The van der Waals surface area contributed by atoms with Gasteiger partial charge in [0.2, 0.25) is 0 Å². The SMILES string of the molecule is C1=C[C@H]2C[C@@H]1[C@@H]1SSS[C@@H]12. The van der Waals surface area contributed by atoms with Gasteiger partial charge in [0.15, 0.2) is 0 Å². The third-order valence-corrected chi connectivity index (χ3v) is 7.90. The van der Waals surface area contributed by atoms with E-state index in [0.717, 1.165) is 22.3 Å². The Morgan fingerprint density at radius 1 is 1.00 bits per heavy atom. The normalized spacial score (nSPS) is 56.0. The van der Waals surface area contributed by atoms with E-state index < -0.39 is 0 Å². The summed E-state index contributed by atoms with van der Waals surface area (Å²) in [5, 5.41) is 1.93. The molecular formula is C7H8S3. The Morgan fingerprint density at radius 3 is 2.20 bits per heavy atom. The highest BCUT2D eigenvalue weighted by Crippen LogP contribution is 2.63. The van der Waals surface area contributed by atoms with E-state index in [1.54, 1.807) is 0 Å². The van der Waals surface area contributed by atoms with Crippen molar-refractivity contribution in [3.63, 3.8) is 0 Å². The molecule has 0 aromatic rings. The molecule has 2 fully saturated rings. The fourth-order valence-corrected chi connectivity index (χ4v) is 8.69. The minimum Gasteiger partial charge on any atom is -0.0839 e. The Hall–Kier alpha value is 0.790. The Bertz CT molecular complexity index is 171. The van der Waals surface area contributed by atoms with Gasteiger partial charge in [-0.05, 0) is 28.1 Å². The van der Waals surface area contributed by atoms with Crippen LogP contribution in [0, 0.1) is 11.8 Å². The van der Waals surface area contributed by atoms with E-state index in [2.05, 4.69) is 33.7 Å². The summed E-state index contributed by atoms with van der Waals surface area (Å²) in [5.41, 5.74) is 0. The van der Waals surface area contributed by atoms with Crippen LogP contribution in [0.5, 0.6) is 0 Å². The van der Waals surface area contributed by atoms with Crippen molar-refractivity contribution in [1.29, 1.82) is 0 Å². The summed E-state index contributed by atoms with van der Waals surface area (Å²) in [6, 6.07) is 0. The van der Waals surface area contributed by atoms with Gasteiger partial charge in [-0.15, -0.1) is 0 Å². The van der Waals surface area contributed by atoms with Crippen molar-refractivity contribution in [3.05, 3.63) is 12.2 Å². The first-order valence-corrected chi connectivity index (χ1v) is 7.23. The van der Waals surface area contributed by atoms with E-state index in [1.165, 1.54) is 6.42 Å². The van der Waals surface area contributed by atoms with E-state index in [-0.39, 0.29) is 0 Å². The molecule has 0 unspecified atom stereocenters. The Morgan fingerprint density at radius 2 is 1.60 bits per heavy atom. The molecule has 10 heavy (non-hydrogen) atoms. The van der Waals surface area contributed by atoms with Gasteiger partial charge in [0.1, 0.15) is 0 Å². The Kier molecular flexibility index (Phi) is 1.35. The predicted octanol–water partition coefficient (Wildman–Crippen LogP) is 2.97. The summed E-state index contributed by atoms with van der Waals surface area (Å²) < 4.78 is 0. The Labute approximate surface area is 72.4 Å². The maximum Gasteiger partial charge on any atom is 0.0355 e. The van der Waals surface area contributed by atoms with Crippen molar-refractivity contribution in [2.45, 2.75) is 16.9 Å². The van der Waals surface area contributed by atoms with E-state index in [1.807, 2.05) is 9.83 Å².